The highest BCUT2D eigenvalue weighted by Crippen LogP contribution is 2.22. The van der Waals surface area contributed by atoms with Gasteiger partial charge in [-0.1, -0.05) is 36.4 Å². The number of halogens is 1. The smallest absolute Gasteiger partial charge is 0.255 e. The molecular formula is C20H16FNOS. The molecule has 3 aromatic carbocycles. The highest BCUT2D eigenvalue weighted by molar-refractivity contribution is 7.98. The third kappa shape index (κ3) is 4.46. The van der Waals surface area contributed by atoms with Gasteiger partial charge < -0.3 is 5.32 Å². The van der Waals surface area contributed by atoms with Crippen LogP contribution >= 0.6 is 11.8 Å². The Morgan fingerprint density at radius 2 is 1.67 bits per heavy atom. The fourth-order valence-corrected chi connectivity index (χ4v) is 3.08. The van der Waals surface area contributed by atoms with E-state index in [1.165, 1.54) is 17.0 Å². The number of hydrogen-bond acceptors (Lipinski definition) is 2. The molecule has 0 saturated heterocycles. The van der Waals surface area contributed by atoms with E-state index >= 15 is 0 Å². The zero-order chi connectivity index (χ0) is 16.8. The summed E-state index contributed by atoms with van der Waals surface area (Å²) in [5.74, 6) is 0.222. The van der Waals surface area contributed by atoms with Gasteiger partial charge >= 0.3 is 0 Å². The summed E-state index contributed by atoms with van der Waals surface area (Å²) in [6.07, 6.45) is 0. The maximum absolute atomic E-state index is 13.1. The summed E-state index contributed by atoms with van der Waals surface area (Å²) in [7, 11) is 0. The van der Waals surface area contributed by atoms with Gasteiger partial charge in [-0.15, -0.1) is 11.8 Å². The largest absolute Gasteiger partial charge is 0.322 e. The molecular weight excluding hydrogens is 321 g/mol. The number of thioether (sulfide) groups is 1. The van der Waals surface area contributed by atoms with Crippen molar-refractivity contribution < 1.29 is 9.18 Å². The topological polar surface area (TPSA) is 29.1 Å². The summed E-state index contributed by atoms with van der Waals surface area (Å²) in [6, 6.07) is 23.5. The Labute approximate surface area is 144 Å². The monoisotopic (exact) mass is 337 g/mol. The lowest BCUT2D eigenvalue weighted by Crippen LogP contribution is -2.11. The van der Waals surface area contributed by atoms with Gasteiger partial charge in [-0.2, -0.15) is 0 Å². The lowest BCUT2D eigenvalue weighted by atomic mass is 10.1. The Balaban J connectivity index is 1.60. The highest BCUT2D eigenvalue weighted by atomic mass is 32.2. The predicted octanol–water partition coefficient (Wildman–Crippen LogP) is 5.37. The number of hydrogen-bond donors (Lipinski definition) is 1. The van der Waals surface area contributed by atoms with Gasteiger partial charge in [-0.25, -0.2) is 4.39 Å². The quantitative estimate of drug-likeness (QED) is 0.634. The van der Waals surface area contributed by atoms with Crippen LogP contribution in [0.25, 0.3) is 0 Å². The number of amides is 1. The van der Waals surface area contributed by atoms with Crippen molar-refractivity contribution in [3.05, 3.63) is 95.8 Å². The van der Waals surface area contributed by atoms with E-state index in [1.807, 2.05) is 30.3 Å². The van der Waals surface area contributed by atoms with Crippen LogP contribution in [-0.2, 0) is 5.75 Å². The first-order valence-electron chi connectivity index (χ1n) is 7.54. The maximum atomic E-state index is 13.1. The van der Waals surface area contributed by atoms with Crippen molar-refractivity contribution in [3.63, 3.8) is 0 Å². The molecule has 2 nitrogen and oxygen atoms in total. The van der Waals surface area contributed by atoms with Crippen molar-refractivity contribution in [1.29, 1.82) is 0 Å². The van der Waals surface area contributed by atoms with Crippen molar-refractivity contribution in [3.8, 4) is 0 Å². The predicted molar refractivity (Wildman–Crippen MR) is 96.8 cm³/mol. The molecule has 0 aliphatic rings. The number of nitrogens with one attached hydrogen (secondary N) is 1. The van der Waals surface area contributed by atoms with E-state index in [9.17, 15) is 9.18 Å². The SMILES string of the molecule is O=C(Nc1cccc(F)c1)c1ccc(CSc2ccccc2)cc1. The maximum Gasteiger partial charge on any atom is 0.255 e. The molecule has 1 N–H and O–H groups in total. The molecule has 0 fully saturated rings. The zero-order valence-corrected chi connectivity index (χ0v) is 13.7. The second-order valence-electron chi connectivity index (χ2n) is 5.26. The first-order valence-corrected chi connectivity index (χ1v) is 8.53. The Morgan fingerprint density at radius 3 is 2.38 bits per heavy atom. The van der Waals surface area contributed by atoms with E-state index in [4.69, 9.17) is 0 Å². The van der Waals surface area contributed by atoms with Gasteiger partial charge in [0.15, 0.2) is 0 Å². The normalized spacial score (nSPS) is 10.4. The molecule has 0 aliphatic heterocycles. The van der Waals surface area contributed by atoms with E-state index in [0.717, 1.165) is 11.3 Å². The van der Waals surface area contributed by atoms with Crippen LogP contribution in [0, 0.1) is 5.82 Å². The first-order chi connectivity index (χ1) is 11.7. The van der Waals surface area contributed by atoms with E-state index in [1.54, 1.807) is 36.0 Å². The minimum Gasteiger partial charge on any atom is -0.322 e. The van der Waals surface area contributed by atoms with E-state index in [2.05, 4.69) is 17.4 Å². The number of carbonyl (C=O) groups excluding carboxylic acids is 1. The Kier molecular flexibility index (Phi) is 5.29. The zero-order valence-electron chi connectivity index (χ0n) is 12.9. The van der Waals surface area contributed by atoms with Crippen LogP contribution in [0.1, 0.15) is 15.9 Å². The molecule has 120 valence electrons. The molecule has 0 saturated carbocycles. The number of carbonyl (C=O) groups is 1. The molecule has 4 heteroatoms. The van der Waals surface area contributed by atoms with Gasteiger partial charge in [-0.3, -0.25) is 4.79 Å². The summed E-state index contributed by atoms with van der Waals surface area (Å²) in [6.45, 7) is 0. The second kappa shape index (κ2) is 7.79. The summed E-state index contributed by atoms with van der Waals surface area (Å²) in [5.41, 5.74) is 2.14. The average molecular weight is 337 g/mol. The minimum atomic E-state index is -0.374. The van der Waals surface area contributed by atoms with Crippen molar-refractivity contribution in [2.75, 3.05) is 5.32 Å². The fraction of sp³-hybridized carbons (Fsp3) is 0.0500. The standard InChI is InChI=1S/C20H16FNOS/c21-17-5-4-6-18(13-17)22-20(23)16-11-9-15(10-12-16)14-24-19-7-2-1-3-8-19/h1-13H,14H2,(H,22,23). The summed E-state index contributed by atoms with van der Waals surface area (Å²) < 4.78 is 13.1. The van der Waals surface area contributed by atoms with Crippen molar-refractivity contribution in [2.24, 2.45) is 0 Å². The van der Waals surface area contributed by atoms with Gasteiger partial charge in [0.1, 0.15) is 5.82 Å². The van der Waals surface area contributed by atoms with E-state index < -0.39 is 0 Å². The van der Waals surface area contributed by atoms with Crippen molar-refractivity contribution in [1.82, 2.24) is 0 Å². The molecule has 3 rings (SSSR count). The summed E-state index contributed by atoms with van der Waals surface area (Å²) in [4.78, 5) is 13.4. The first kappa shape index (κ1) is 16.3. The molecule has 0 unspecified atom stereocenters. The van der Waals surface area contributed by atoms with Crippen LogP contribution in [0.15, 0.2) is 83.8 Å². The minimum absolute atomic E-state index is 0.247. The van der Waals surface area contributed by atoms with Crippen molar-refractivity contribution >= 4 is 23.4 Å². The average Bonchev–Trinajstić information content (AvgIpc) is 2.61. The second-order valence-corrected chi connectivity index (χ2v) is 6.31. The van der Waals surface area contributed by atoms with Crippen molar-refractivity contribution in [2.45, 2.75) is 10.6 Å². The summed E-state index contributed by atoms with van der Waals surface area (Å²) in [5, 5.41) is 2.69. The van der Waals surface area contributed by atoms with Crippen LogP contribution < -0.4 is 5.32 Å². The molecule has 0 atom stereocenters. The molecule has 0 spiro atoms. The number of rotatable bonds is 5. The van der Waals surface area contributed by atoms with Crippen LogP contribution in [0.4, 0.5) is 10.1 Å². The number of benzene rings is 3. The molecule has 0 heterocycles. The molecule has 0 bridgehead atoms. The third-order valence-electron chi connectivity index (χ3n) is 3.45. The lowest BCUT2D eigenvalue weighted by molar-refractivity contribution is 0.102. The Bertz CT molecular complexity index is 819. The van der Waals surface area contributed by atoms with Crippen LogP contribution in [0.2, 0.25) is 0 Å². The van der Waals surface area contributed by atoms with Gasteiger partial charge in [0.25, 0.3) is 5.91 Å². The molecule has 0 aromatic heterocycles. The molecule has 3 aromatic rings. The molecule has 0 aliphatic carbocycles. The van der Waals surface area contributed by atoms with Crippen LogP contribution in [0.3, 0.4) is 0 Å². The van der Waals surface area contributed by atoms with Crippen LogP contribution in [0.5, 0.6) is 0 Å². The Hall–Kier alpha value is -2.59. The van der Waals surface area contributed by atoms with Crippen LogP contribution in [-0.4, -0.2) is 5.91 Å². The van der Waals surface area contributed by atoms with Gasteiger partial charge in [0, 0.05) is 21.9 Å². The van der Waals surface area contributed by atoms with E-state index in [0.29, 0.717) is 11.3 Å². The molecule has 1 amide bonds. The molecule has 0 radical (unpaired) electrons. The van der Waals surface area contributed by atoms with Gasteiger partial charge in [0.05, 0.1) is 0 Å². The van der Waals surface area contributed by atoms with Gasteiger partial charge in [0.2, 0.25) is 0 Å². The summed E-state index contributed by atoms with van der Waals surface area (Å²) >= 11 is 1.75. The molecule has 24 heavy (non-hydrogen) atoms. The third-order valence-corrected chi connectivity index (χ3v) is 4.53. The van der Waals surface area contributed by atoms with Gasteiger partial charge in [-0.05, 0) is 48.0 Å². The highest BCUT2D eigenvalue weighted by Gasteiger charge is 2.06. The lowest BCUT2D eigenvalue weighted by Gasteiger charge is -2.07. The fourth-order valence-electron chi connectivity index (χ4n) is 2.21. The van der Waals surface area contributed by atoms with E-state index in [-0.39, 0.29) is 11.7 Å². The number of anilines is 1. The Morgan fingerprint density at radius 1 is 0.917 bits per heavy atom.